The summed E-state index contributed by atoms with van der Waals surface area (Å²) in [6, 6.07) is 5.88. The molecule has 0 saturated carbocycles. The Labute approximate surface area is 113 Å². The van der Waals surface area contributed by atoms with Gasteiger partial charge in [-0.2, -0.15) is 0 Å². The molecule has 0 aliphatic carbocycles. The maximum atomic E-state index is 11.2. The van der Waals surface area contributed by atoms with Gasteiger partial charge in [-0.15, -0.1) is 11.3 Å². The van der Waals surface area contributed by atoms with Crippen molar-refractivity contribution in [3.8, 4) is 0 Å². The molecule has 1 aromatic carbocycles. The SMILES string of the molecule is Cc1nc(C(C)Nc2ccc3[nH]c(=O)[nH]c3c2)cs1. The first-order valence-electron chi connectivity index (χ1n) is 6.02. The number of hydrogen-bond acceptors (Lipinski definition) is 4. The Morgan fingerprint density at radius 2 is 2.11 bits per heavy atom. The highest BCUT2D eigenvalue weighted by Gasteiger charge is 2.09. The average Bonchev–Trinajstić information content (AvgIpc) is 2.93. The summed E-state index contributed by atoms with van der Waals surface area (Å²) < 4.78 is 0. The number of imidazole rings is 1. The van der Waals surface area contributed by atoms with Crippen LogP contribution in [0.5, 0.6) is 0 Å². The number of aryl methyl sites for hydroxylation is 1. The normalized spacial score (nSPS) is 12.7. The predicted octanol–water partition coefficient (Wildman–Crippen LogP) is 2.79. The topological polar surface area (TPSA) is 73.6 Å². The Morgan fingerprint density at radius 1 is 1.32 bits per heavy atom. The molecule has 0 radical (unpaired) electrons. The van der Waals surface area contributed by atoms with Crippen molar-refractivity contribution in [2.45, 2.75) is 19.9 Å². The summed E-state index contributed by atoms with van der Waals surface area (Å²) in [6.45, 7) is 4.07. The van der Waals surface area contributed by atoms with E-state index < -0.39 is 0 Å². The van der Waals surface area contributed by atoms with Crippen molar-refractivity contribution in [3.63, 3.8) is 0 Å². The molecule has 3 aromatic rings. The van der Waals surface area contributed by atoms with Crippen LogP contribution in [0.25, 0.3) is 11.0 Å². The second-order valence-electron chi connectivity index (χ2n) is 4.50. The lowest BCUT2D eigenvalue weighted by atomic mass is 10.2. The molecule has 0 spiro atoms. The van der Waals surface area contributed by atoms with Gasteiger partial charge in [-0.3, -0.25) is 0 Å². The lowest BCUT2D eigenvalue weighted by Gasteiger charge is -2.13. The largest absolute Gasteiger partial charge is 0.377 e. The van der Waals surface area contributed by atoms with E-state index >= 15 is 0 Å². The molecule has 19 heavy (non-hydrogen) atoms. The minimum atomic E-state index is -0.185. The number of anilines is 1. The van der Waals surface area contributed by atoms with Crippen LogP contribution in [0.1, 0.15) is 23.7 Å². The first-order chi connectivity index (χ1) is 9.11. The van der Waals surface area contributed by atoms with Gasteiger partial charge in [0.15, 0.2) is 0 Å². The van der Waals surface area contributed by atoms with Crippen LogP contribution in [-0.4, -0.2) is 15.0 Å². The van der Waals surface area contributed by atoms with Crippen LogP contribution < -0.4 is 11.0 Å². The number of aromatic nitrogens is 3. The number of rotatable bonds is 3. The first kappa shape index (κ1) is 12.0. The Balaban J connectivity index is 1.86. The van der Waals surface area contributed by atoms with E-state index in [9.17, 15) is 4.79 Å². The van der Waals surface area contributed by atoms with Crippen molar-refractivity contribution in [2.24, 2.45) is 0 Å². The zero-order chi connectivity index (χ0) is 13.4. The zero-order valence-electron chi connectivity index (χ0n) is 10.7. The fourth-order valence-electron chi connectivity index (χ4n) is 2.03. The second kappa shape index (κ2) is 4.55. The van der Waals surface area contributed by atoms with Gasteiger partial charge in [-0.25, -0.2) is 9.78 Å². The number of H-pyrrole nitrogens is 2. The fraction of sp³-hybridized carbons (Fsp3) is 0.231. The third-order valence-electron chi connectivity index (χ3n) is 2.98. The Bertz CT molecular complexity index is 770. The number of fused-ring (bicyclic) bond motifs is 1. The second-order valence-corrected chi connectivity index (χ2v) is 5.56. The average molecular weight is 274 g/mol. The summed E-state index contributed by atoms with van der Waals surface area (Å²) in [7, 11) is 0. The number of benzene rings is 1. The van der Waals surface area contributed by atoms with E-state index in [2.05, 4.69) is 32.6 Å². The summed E-state index contributed by atoms with van der Waals surface area (Å²) >= 11 is 1.65. The van der Waals surface area contributed by atoms with Crippen LogP contribution in [0.2, 0.25) is 0 Å². The molecule has 1 atom stereocenters. The molecule has 0 bridgehead atoms. The van der Waals surface area contributed by atoms with Gasteiger partial charge in [0, 0.05) is 11.1 Å². The molecular weight excluding hydrogens is 260 g/mol. The van der Waals surface area contributed by atoms with Crippen molar-refractivity contribution < 1.29 is 0 Å². The van der Waals surface area contributed by atoms with E-state index in [0.717, 1.165) is 27.4 Å². The van der Waals surface area contributed by atoms with Crippen LogP contribution >= 0.6 is 11.3 Å². The van der Waals surface area contributed by atoms with E-state index in [-0.39, 0.29) is 11.7 Å². The highest BCUT2D eigenvalue weighted by atomic mass is 32.1. The van der Waals surface area contributed by atoms with Crippen molar-refractivity contribution >= 4 is 28.1 Å². The zero-order valence-corrected chi connectivity index (χ0v) is 11.5. The summed E-state index contributed by atoms with van der Waals surface area (Å²) in [6.07, 6.45) is 0. The van der Waals surface area contributed by atoms with Crippen LogP contribution in [0.3, 0.4) is 0 Å². The predicted molar refractivity (Wildman–Crippen MR) is 77.8 cm³/mol. The molecule has 98 valence electrons. The van der Waals surface area contributed by atoms with Gasteiger partial charge in [0.05, 0.1) is 27.8 Å². The van der Waals surface area contributed by atoms with E-state index in [4.69, 9.17) is 0 Å². The van der Waals surface area contributed by atoms with E-state index in [0.29, 0.717) is 0 Å². The van der Waals surface area contributed by atoms with E-state index in [1.54, 1.807) is 11.3 Å². The van der Waals surface area contributed by atoms with Crippen molar-refractivity contribution in [1.82, 2.24) is 15.0 Å². The van der Waals surface area contributed by atoms with Crippen molar-refractivity contribution in [2.75, 3.05) is 5.32 Å². The molecule has 0 fully saturated rings. The third kappa shape index (κ3) is 2.39. The Hall–Kier alpha value is -2.08. The highest BCUT2D eigenvalue weighted by molar-refractivity contribution is 7.09. The maximum absolute atomic E-state index is 11.2. The minimum absolute atomic E-state index is 0.132. The van der Waals surface area contributed by atoms with Crippen molar-refractivity contribution in [1.29, 1.82) is 0 Å². The Morgan fingerprint density at radius 3 is 2.84 bits per heavy atom. The lowest BCUT2D eigenvalue weighted by molar-refractivity contribution is 0.846. The molecule has 0 aliphatic heterocycles. The van der Waals surface area contributed by atoms with Gasteiger partial charge >= 0.3 is 5.69 Å². The number of nitrogens with zero attached hydrogens (tertiary/aromatic N) is 1. The highest BCUT2D eigenvalue weighted by Crippen LogP contribution is 2.22. The number of aromatic amines is 2. The molecule has 2 heterocycles. The van der Waals surface area contributed by atoms with Crippen LogP contribution in [0.15, 0.2) is 28.4 Å². The molecule has 5 nitrogen and oxygen atoms in total. The minimum Gasteiger partial charge on any atom is -0.377 e. The molecule has 1 unspecified atom stereocenters. The van der Waals surface area contributed by atoms with Crippen LogP contribution in [0.4, 0.5) is 5.69 Å². The lowest BCUT2D eigenvalue weighted by Crippen LogP contribution is -2.06. The standard InChI is InChI=1S/C13H14N4OS/c1-7(12-6-19-8(2)15-12)14-9-3-4-10-11(5-9)17-13(18)16-10/h3-7,14H,1-2H3,(H2,16,17,18). The summed E-state index contributed by atoms with van der Waals surface area (Å²) in [5, 5.41) is 6.50. The van der Waals surface area contributed by atoms with Gasteiger partial charge in [-0.05, 0) is 32.0 Å². The van der Waals surface area contributed by atoms with Crippen LogP contribution in [-0.2, 0) is 0 Å². The van der Waals surface area contributed by atoms with Crippen molar-refractivity contribution in [3.05, 3.63) is 44.8 Å². The summed E-state index contributed by atoms with van der Waals surface area (Å²) in [4.78, 5) is 21.1. The molecule has 3 N–H and O–H groups in total. The smallest absolute Gasteiger partial charge is 0.323 e. The quantitative estimate of drug-likeness (QED) is 0.687. The Kier molecular flexibility index (Phi) is 2.87. The molecular formula is C13H14N4OS. The number of hydrogen-bond donors (Lipinski definition) is 3. The van der Waals surface area contributed by atoms with E-state index in [1.165, 1.54) is 0 Å². The van der Waals surface area contributed by atoms with E-state index in [1.807, 2.05) is 25.1 Å². The first-order valence-corrected chi connectivity index (χ1v) is 6.90. The third-order valence-corrected chi connectivity index (χ3v) is 3.77. The molecule has 0 aliphatic rings. The summed E-state index contributed by atoms with van der Waals surface area (Å²) in [5.74, 6) is 0. The van der Waals surface area contributed by atoms with Gasteiger partial charge in [0.1, 0.15) is 0 Å². The van der Waals surface area contributed by atoms with Crippen LogP contribution in [0, 0.1) is 6.92 Å². The number of nitrogens with one attached hydrogen (secondary N) is 3. The molecule has 3 rings (SSSR count). The van der Waals surface area contributed by atoms with Gasteiger partial charge in [-0.1, -0.05) is 0 Å². The monoisotopic (exact) mass is 274 g/mol. The maximum Gasteiger partial charge on any atom is 0.323 e. The van der Waals surface area contributed by atoms with Gasteiger partial charge < -0.3 is 15.3 Å². The molecule has 0 saturated heterocycles. The summed E-state index contributed by atoms with van der Waals surface area (Å²) in [5.41, 5.74) is 3.42. The molecule has 0 amide bonds. The molecule has 6 heteroatoms. The number of thiazole rings is 1. The van der Waals surface area contributed by atoms with Gasteiger partial charge in [0.2, 0.25) is 0 Å². The van der Waals surface area contributed by atoms with Gasteiger partial charge in [0.25, 0.3) is 0 Å². The molecule has 2 aromatic heterocycles. The fourth-order valence-corrected chi connectivity index (χ4v) is 2.73.